The predicted octanol–water partition coefficient (Wildman–Crippen LogP) is 2.21. The Morgan fingerprint density at radius 1 is 1.29 bits per heavy atom. The number of hydrogen-bond acceptors (Lipinski definition) is 3. The van der Waals surface area contributed by atoms with E-state index in [0.29, 0.717) is 11.2 Å². The number of methoxy groups -OCH3 is 1. The van der Waals surface area contributed by atoms with Crippen LogP contribution in [0, 0.1) is 0 Å². The fourth-order valence-electron chi connectivity index (χ4n) is 1.74. The van der Waals surface area contributed by atoms with E-state index in [-0.39, 0.29) is 5.91 Å². The number of para-hydroxylation sites is 1. The van der Waals surface area contributed by atoms with Gasteiger partial charge in [0.05, 0.1) is 18.3 Å². The highest BCUT2D eigenvalue weighted by molar-refractivity contribution is 6.03. The summed E-state index contributed by atoms with van der Waals surface area (Å²) < 4.78 is 6.04. The maximum atomic E-state index is 11.6. The highest BCUT2D eigenvalue weighted by Gasteiger charge is 2.12. The SMILES string of the molecule is COC(=O)n1ccc2cccc(NC(C)=O)c21. The van der Waals surface area contributed by atoms with Crippen molar-refractivity contribution in [2.45, 2.75) is 6.92 Å². The first-order chi connectivity index (χ1) is 8.13. The van der Waals surface area contributed by atoms with Gasteiger partial charge in [0, 0.05) is 18.5 Å². The van der Waals surface area contributed by atoms with E-state index in [0.717, 1.165) is 5.39 Å². The Labute approximate surface area is 98.0 Å². The monoisotopic (exact) mass is 232 g/mol. The minimum Gasteiger partial charge on any atom is -0.452 e. The quantitative estimate of drug-likeness (QED) is 0.820. The van der Waals surface area contributed by atoms with Crippen LogP contribution in [0.4, 0.5) is 10.5 Å². The van der Waals surface area contributed by atoms with Crippen LogP contribution in [0.3, 0.4) is 0 Å². The summed E-state index contributed by atoms with van der Waals surface area (Å²) in [6.07, 6.45) is 1.12. The summed E-state index contributed by atoms with van der Waals surface area (Å²) in [4.78, 5) is 22.6. The Kier molecular flexibility index (Phi) is 2.82. The Balaban J connectivity index is 2.63. The van der Waals surface area contributed by atoms with Gasteiger partial charge in [-0.15, -0.1) is 0 Å². The van der Waals surface area contributed by atoms with E-state index < -0.39 is 6.09 Å². The van der Waals surface area contributed by atoms with E-state index in [1.807, 2.05) is 12.1 Å². The van der Waals surface area contributed by atoms with E-state index in [9.17, 15) is 9.59 Å². The largest absolute Gasteiger partial charge is 0.452 e. The van der Waals surface area contributed by atoms with Crippen LogP contribution in [0.2, 0.25) is 0 Å². The van der Waals surface area contributed by atoms with E-state index in [2.05, 4.69) is 10.1 Å². The number of hydrogen-bond donors (Lipinski definition) is 1. The molecular formula is C12H12N2O3. The molecule has 1 amide bonds. The van der Waals surface area contributed by atoms with Crippen LogP contribution in [0.5, 0.6) is 0 Å². The van der Waals surface area contributed by atoms with Crippen molar-refractivity contribution in [1.82, 2.24) is 4.57 Å². The molecule has 17 heavy (non-hydrogen) atoms. The van der Waals surface area contributed by atoms with Gasteiger partial charge in [0.2, 0.25) is 5.91 Å². The van der Waals surface area contributed by atoms with Gasteiger partial charge in [-0.25, -0.2) is 4.79 Å². The number of fused-ring (bicyclic) bond motifs is 1. The number of carbonyl (C=O) groups excluding carboxylic acids is 2. The van der Waals surface area contributed by atoms with Crippen LogP contribution in [0.25, 0.3) is 10.9 Å². The minimum atomic E-state index is -0.488. The maximum Gasteiger partial charge on any atom is 0.418 e. The van der Waals surface area contributed by atoms with E-state index in [1.165, 1.54) is 18.6 Å². The molecule has 5 heteroatoms. The molecular weight excluding hydrogens is 220 g/mol. The molecule has 0 unspecified atom stereocenters. The summed E-state index contributed by atoms with van der Waals surface area (Å²) in [6.45, 7) is 1.42. The van der Waals surface area contributed by atoms with Gasteiger partial charge >= 0.3 is 6.09 Å². The first-order valence-corrected chi connectivity index (χ1v) is 5.09. The van der Waals surface area contributed by atoms with Gasteiger partial charge < -0.3 is 10.1 Å². The number of amides is 1. The molecule has 0 aliphatic carbocycles. The second-order valence-corrected chi connectivity index (χ2v) is 3.58. The molecule has 0 aliphatic rings. The lowest BCUT2D eigenvalue weighted by atomic mass is 10.2. The summed E-state index contributed by atoms with van der Waals surface area (Å²) in [5.74, 6) is -0.185. The first kappa shape index (κ1) is 11.2. The van der Waals surface area contributed by atoms with Gasteiger partial charge in [0.25, 0.3) is 0 Å². The summed E-state index contributed by atoms with van der Waals surface area (Å²) in [5.41, 5.74) is 1.22. The molecule has 2 rings (SSSR count). The fourth-order valence-corrected chi connectivity index (χ4v) is 1.74. The van der Waals surface area contributed by atoms with Gasteiger partial charge in [0.15, 0.2) is 0 Å². The average Bonchev–Trinajstić information content (AvgIpc) is 2.72. The van der Waals surface area contributed by atoms with Gasteiger partial charge in [-0.05, 0) is 12.1 Å². The van der Waals surface area contributed by atoms with Crippen LogP contribution in [0.1, 0.15) is 6.92 Å². The maximum absolute atomic E-state index is 11.6. The van der Waals surface area contributed by atoms with Crippen LogP contribution >= 0.6 is 0 Å². The second kappa shape index (κ2) is 4.29. The summed E-state index contributed by atoms with van der Waals surface area (Å²) in [6, 6.07) is 7.20. The highest BCUT2D eigenvalue weighted by Crippen LogP contribution is 2.24. The molecule has 5 nitrogen and oxygen atoms in total. The molecule has 1 N–H and O–H groups in total. The van der Waals surface area contributed by atoms with Crippen LogP contribution in [-0.4, -0.2) is 23.7 Å². The van der Waals surface area contributed by atoms with Crippen LogP contribution < -0.4 is 5.32 Å². The number of aromatic nitrogens is 1. The first-order valence-electron chi connectivity index (χ1n) is 5.09. The van der Waals surface area contributed by atoms with E-state index >= 15 is 0 Å². The van der Waals surface area contributed by atoms with Gasteiger partial charge in [0.1, 0.15) is 0 Å². The van der Waals surface area contributed by atoms with E-state index in [1.54, 1.807) is 18.3 Å². The third-order valence-electron chi connectivity index (χ3n) is 2.39. The van der Waals surface area contributed by atoms with Crippen molar-refractivity contribution in [2.24, 2.45) is 0 Å². The lowest BCUT2D eigenvalue weighted by molar-refractivity contribution is -0.114. The van der Waals surface area contributed by atoms with Crippen molar-refractivity contribution in [1.29, 1.82) is 0 Å². The molecule has 0 radical (unpaired) electrons. The normalized spacial score (nSPS) is 10.2. The molecule has 0 bridgehead atoms. The van der Waals surface area contributed by atoms with Gasteiger partial charge in [-0.2, -0.15) is 0 Å². The molecule has 1 heterocycles. The molecule has 88 valence electrons. The molecule has 0 fully saturated rings. The van der Waals surface area contributed by atoms with Crippen molar-refractivity contribution in [3.05, 3.63) is 30.5 Å². The zero-order valence-electron chi connectivity index (χ0n) is 9.56. The second-order valence-electron chi connectivity index (χ2n) is 3.58. The molecule has 0 saturated carbocycles. The third-order valence-corrected chi connectivity index (χ3v) is 2.39. The predicted molar refractivity (Wildman–Crippen MR) is 64.0 cm³/mol. The molecule has 0 aliphatic heterocycles. The van der Waals surface area contributed by atoms with Crippen molar-refractivity contribution >= 4 is 28.6 Å². The summed E-state index contributed by atoms with van der Waals surface area (Å²) >= 11 is 0. The van der Waals surface area contributed by atoms with Crippen molar-refractivity contribution in [2.75, 3.05) is 12.4 Å². The van der Waals surface area contributed by atoms with Crippen molar-refractivity contribution in [3.8, 4) is 0 Å². The van der Waals surface area contributed by atoms with E-state index in [4.69, 9.17) is 0 Å². The number of nitrogens with zero attached hydrogens (tertiary/aromatic N) is 1. The number of ether oxygens (including phenoxy) is 1. The molecule has 1 aromatic carbocycles. The number of benzene rings is 1. The molecule has 0 spiro atoms. The number of carbonyl (C=O) groups is 2. The lowest BCUT2D eigenvalue weighted by Gasteiger charge is -2.07. The Morgan fingerprint density at radius 3 is 2.71 bits per heavy atom. The number of rotatable bonds is 1. The van der Waals surface area contributed by atoms with Crippen molar-refractivity contribution < 1.29 is 14.3 Å². The molecule has 0 atom stereocenters. The highest BCUT2D eigenvalue weighted by atomic mass is 16.5. The van der Waals surface area contributed by atoms with Crippen molar-refractivity contribution in [3.63, 3.8) is 0 Å². The zero-order valence-corrected chi connectivity index (χ0v) is 9.56. The standard InChI is InChI=1S/C12H12N2O3/c1-8(15)13-10-5-3-4-9-6-7-14(11(9)10)12(16)17-2/h3-7H,1-2H3,(H,13,15). The molecule has 0 saturated heterocycles. The number of nitrogens with one attached hydrogen (secondary N) is 1. The summed E-state index contributed by atoms with van der Waals surface area (Å²) in [5, 5.41) is 3.55. The minimum absolute atomic E-state index is 0.185. The Hall–Kier alpha value is -2.30. The lowest BCUT2D eigenvalue weighted by Crippen LogP contribution is -2.12. The fraction of sp³-hybridized carbons (Fsp3) is 0.167. The topological polar surface area (TPSA) is 60.3 Å². The van der Waals surface area contributed by atoms with Crippen LogP contribution in [0.15, 0.2) is 30.5 Å². The average molecular weight is 232 g/mol. The molecule has 2 aromatic rings. The molecule has 1 aromatic heterocycles. The zero-order chi connectivity index (χ0) is 12.4. The summed E-state index contributed by atoms with van der Waals surface area (Å²) in [7, 11) is 1.31. The Bertz CT molecular complexity index is 586. The smallest absolute Gasteiger partial charge is 0.418 e. The number of anilines is 1. The Morgan fingerprint density at radius 2 is 2.06 bits per heavy atom. The van der Waals surface area contributed by atoms with Gasteiger partial charge in [-0.3, -0.25) is 9.36 Å². The van der Waals surface area contributed by atoms with Gasteiger partial charge in [-0.1, -0.05) is 12.1 Å². The third kappa shape index (κ3) is 1.99. The van der Waals surface area contributed by atoms with Crippen LogP contribution in [-0.2, 0) is 9.53 Å².